The van der Waals surface area contributed by atoms with Gasteiger partial charge in [-0.2, -0.15) is 0 Å². The molecular formula is C24H29N5O. The van der Waals surface area contributed by atoms with Gasteiger partial charge in [0.05, 0.1) is 11.7 Å². The summed E-state index contributed by atoms with van der Waals surface area (Å²) in [5.74, 6) is 0.232. The molecule has 0 spiro atoms. The maximum atomic E-state index is 13.3. The lowest BCUT2D eigenvalue weighted by Gasteiger charge is -2.39. The van der Waals surface area contributed by atoms with Crippen molar-refractivity contribution in [1.82, 2.24) is 19.2 Å². The number of aryl methyl sites for hydroxylation is 1. The van der Waals surface area contributed by atoms with E-state index in [0.717, 1.165) is 69.1 Å². The van der Waals surface area contributed by atoms with Crippen molar-refractivity contribution in [1.29, 1.82) is 0 Å². The Balaban J connectivity index is 1.20. The lowest BCUT2D eigenvalue weighted by Crippen LogP contribution is -2.55. The van der Waals surface area contributed by atoms with Crippen molar-refractivity contribution in [2.24, 2.45) is 0 Å². The van der Waals surface area contributed by atoms with E-state index in [4.69, 9.17) is 4.98 Å². The van der Waals surface area contributed by atoms with E-state index >= 15 is 0 Å². The molecule has 6 heteroatoms. The van der Waals surface area contributed by atoms with E-state index in [1.807, 2.05) is 35.4 Å². The minimum Gasteiger partial charge on any atom is -0.311 e. The number of amides is 1. The van der Waals surface area contributed by atoms with Crippen molar-refractivity contribution in [3.63, 3.8) is 0 Å². The molecule has 0 aliphatic carbocycles. The second-order valence-corrected chi connectivity index (χ2v) is 8.41. The van der Waals surface area contributed by atoms with Crippen LogP contribution in [0.25, 0.3) is 5.65 Å². The third-order valence-electron chi connectivity index (χ3n) is 6.49. The first-order valence-corrected chi connectivity index (χ1v) is 11.0. The highest BCUT2D eigenvalue weighted by atomic mass is 16.2. The molecule has 6 nitrogen and oxygen atoms in total. The molecule has 0 unspecified atom stereocenters. The second kappa shape index (κ2) is 8.20. The van der Waals surface area contributed by atoms with Crippen molar-refractivity contribution in [3.05, 3.63) is 66.1 Å². The molecule has 0 radical (unpaired) electrons. The van der Waals surface area contributed by atoms with E-state index in [9.17, 15) is 4.79 Å². The van der Waals surface area contributed by atoms with E-state index in [-0.39, 0.29) is 11.9 Å². The summed E-state index contributed by atoms with van der Waals surface area (Å²) in [6, 6.07) is 14.3. The molecule has 1 amide bonds. The van der Waals surface area contributed by atoms with E-state index in [1.54, 1.807) is 0 Å². The van der Waals surface area contributed by atoms with Crippen LogP contribution in [0.5, 0.6) is 0 Å². The fourth-order valence-electron chi connectivity index (χ4n) is 4.75. The molecule has 1 saturated heterocycles. The maximum Gasteiger partial charge on any atom is 0.244 e. The molecule has 2 aliphatic heterocycles. The van der Waals surface area contributed by atoms with Crippen molar-refractivity contribution in [3.8, 4) is 0 Å². The Morgan fingerprint density at radius 3 is 2.67 bits per heavy atom. The van der Waals surface area contributed by atoms with Crippen LogP contribution in [-0.2, 0) is 17.8 Å². The normalized spacial score (nSPS) is 19.0. The summed E-state index contributed by atoms with van der Waals surface area (Å²) in [5, 5.41) is 0. The third kappa shape index (κ3) is 3.73. The lowest BCUT2D eigenvalue weighted by atomic mass is 10.0. The molecule has 1 atom stereocenters. The van der Waals surface area contributed by atoms with Crippen molar-refractivity contribution in [2.75, 3.05) is 37.6 Å². The third-order valence-corrected chi connectivity index (χ3v) is 6.49. The molecule has 0 N–H and O–H groups in total. The summed E-state index contributed by atoms with van der Waals surface area (Å²) in [5.41, 5.74) is 4.49. The molecule has 2 aliphatic rings. The van der Waals surface area contributed by atoms with Crippen molar-refractivity contribution >= 4 is 17.2 Å². The van der Waals surface area contributed by atoms with E-state index < -0.39 is 0 Å². The number of para-hydroxylation sites is 1. The number of benzene rings is 1. The van der Waals surface area contributed by atoms with Gasteiger partial charge in [-0.1, -0.05) is 24.3 Å². The Bertz CT molecular complexity index is 1000. The van der Waals surface area contributed by atoms with Crippen LogP contribution in [0.3, 0.4) is 0 Å². The summed E-state index contributed by atoms with van der Waals surface area (Å²) in [6.07, 6.45) is 6.26. The van der Waals surface area contributed by atoms with Gasteiger partial charge in [-0.3, -0.25) is 14.6 Å². The van der Waals surface area contributed by atoms with Gasteiger partial charge in [0.25, 0.3) is 0 Å². The predicted octanol–water partition coefficient (Wildman–Crippen LogP) is 2.82. The summed E-state index contributed by atoms with van der Waals surface area (Å²) >= 11 is 0. The predicted molar refractivity (Wildman–Crippen MR) is 119 cm³/mol. The summed E-state index contributed by atoms with van der Waals surface area (Å²) in [4.78, 5) is 24.8. The van der Waals surface area contributed by atoms with E-state index in [2.05, 4.69) is 45.5 Å². The number of nitrogens with zero attached hydrogens (tertiary/aromatic N) is 5. The molecule has 30 heavy (non-hydrogen) atoms. The first-order chi connectivity index (χ1) is 14.7. The average molecular weight is 404 g/mol. The highest BCUT2D eigenvalue weighted by molar-refractivity contribution is 5.98. The number of carbonyl (C=O) groups is 1. The standard InChI is InChI=1S/C24H29N5O/c1-19(24(30)29-12-6-8-20-7-2-3-9-22(20)29)27-15-13-26(14-16-27)17-21-18-28-11-5-4-10-23(28)25-21/h2-5,7,9-11,18-19H,6,8,12-17H2,1H3/t19-/m0/s1. The number of carbonyl (C=O) groups excluding carboxylic acids is 1. The average Bonchev–Trinajstić information content (AvgIpc) is 3.20. The fraction of sp³-hybridized carbons (Fsp3) is 0.417. The van der Waals surface area contributed by atoms with Crippen LogP contribution in [0.2, 0.25) is 0 Å². The summed E-state index contributed by atoms with van der Waals surface area (Å²) in [7, 11) is 0. The zero-order valence-corrected chi connectivity index (χ0v) is 17.6. The molecule has 2 aromatic heterocycles. The highest BCUT2D eigenvalue weighted by Crippen LogP contribution is 2.28. The summed E-state index contributed by atoms with van der Waals surface area (Å²) < 4.78 is 2.07. The Labute approximate surface area is 177 Å². The Kier molecular flexibility index (Phi) is 5.27. The molecular weight excluding hydrogens is 374 g/mol. The quantitative estimate of drug-likeness (QED) is 0.672. The largest absolute Gasteiger partial charge is 0.311 e. The molecule has 3 aromatic rings. The van der Waals surface area contributed by atoms with Crippen LogP contribution in [0, 0.1) is 0 Å². The Morgan fingerprint density at radius 2 is 1.83 bits per heavy atom. The van der Waals surface area contributed by atoms with E-state index in [1.165, 1.54) is 5.56 Å². The molecule has 5 rings (SSSR count). The molecule has 156 valence electrons. The second-order valence-electron chi connectivity index (χ2n) is 8.41. The van der Waals surface area contributed by atoms with Crippen molar-refractivity contribution in [2.45, 2.75) is 32.4 Å². The van der Waals surface area contributed by atoms with Gasteiger partial charge in [-0.05, 0) is 43.5 Å². The van der Waals surface area contributed by atoms with Gasteiger partial charge in [0, 0.05) is 57.3 Å². The Hall–Kier alpha value is -2.70. The highest BCUT2D eigenvalue weighted by Gasteiger charge is 2.31. The number of piperazine rings is 1. The van der Waals surface area contributed by atoms with Crippen LogP contribution >= 0.6 is 0 Å². The number of rotatable bonds is 4. The minimum atomic E-state index is -0.0894. The van der Waals surface area contributed by atoms with Gasteiger partial charge in [-0.15, -0.1) is 0 Å². The SMILES string of the molecule is C[C@@H](C(=O)N1CCCc2ccccc21)N1CCN(Cc2cn3ccccc3n2)CC1. The maximum absolute atomic E-state index is 13.3. The van der Waals surface area contributed by atoms with Crippen LogP contribution in [-0.4, -0.2) is 63.9 Å². The van der Waals surface area contributed by atoms with Gasteiger partial charge in [0.15, 0.2) is 0 Å². The molecule has 4 heterocycles. The molecule has 1 aromatic carbocycles. The Morgan fingerprint density at radius 1 is 1.03 bits per heavy atom. The van der Waals surface area contributed by atoms with Crippen LogP contribution in [0.4, 0.5) is 5.69 Å². The number of hydrogen-bond donors (Lipinski definition) is 0. The van der Waals surface area contributed by atoms with Gasteiger partial charge in [0.2, 0.25) is 5.91 Å². The first kappa shape index (κ1) is 19.3. The van der Waals surface area contributed by atoms with Crippen molar-refractivity contribution < 1.29 is 4.79 Å². The zero-order valence-electron chi connectivity index (χ0n) is 17.6. The number of anilines is 1. The zero-order chi connectivity index (χ0) is 20.5. The van der Waals surface area contributed by atoms with Gasteiger partial charge >= 0.3 is 0 Å². The monoisotopic (exact) mass is 403 g/mol. The lowest BCUT2D eigenvalue weighted by molar-refractivity contribution is -0.124. The number of hydrogen-bond acceptors (Lipinski definition) is 4. The summed E-state index contributed by atoms with van der Waals surface area (Å²) in [6.45, 7) is 7.50. The molecule has 0 bridgehead atoms. The smallest absolute Gasteiger partial charge is 0.244 e. The molecule has 0 saturated carbocycles. The van der Waals surface area contributed by atoms with Crippen LogP contribution in [0.15, 0.2) is 54.9 Å². The van der Waals surface area contributed by atoms with Crippen LogP contribution in [0.1, 0.15) is 24.6 Å². The number of pyridine rings is 1. The number of fused-ring (bicyclic) bond motifs is 2. The first-order valence-electron chi connectivity index (χ1n) is 11.0. The van der Waals surface area contributed by atoms with Crippen LogP contribution < -0.4 is 4.90 Å². The fourth-order valence-corrected chi connectivity index (χ4v) is 4.75. The molecule has 1 fully saturated rings. The number of aromatic nitrogens is 2. The van der Waals surface area contributed by atoms with Gasteiger partial charge < -0.3 is 9.30 Å². The van der Waals surface area contributed by atoms with Gasteiger partial charge in [0.1, 0.15) is 5.65 Å². The number of imidazole rings is 1. The topological polar surface area (TPSA) is 44.1 Å². The van der Waals surface area contributed by atoms with E-state index in [0.29, 0.717) is 0 Å². The van der Waals surface area contributed by atoms with Gasteiger partial charge in [-0.25, -0.2) is 4.98 Å². The minimum absolute atomic E-state index is 0.0894.